The predicted molar refractivity (Wildman–Crippen MR) is 48.7 cm³/mol. The van der Waals surface area contributed by atoms with E-state index in [9.17, 15) is 15.1 Å². The Morgan fingerprint density at radius 2 is 1.77 bits per heavy atom. The SMILES string of the molecule is Cc1cc(O)c(C(C)N=O)c(O)c1. The Morgan fingerprint density at radius 1 is 1.31 bits per heavy atom. The summed E-state index contributed by atoms with van der Waals surface area (Å²) in [4.78, 5) is 10.2. The number of hydrogen-bond donors (Lipinski definition) is 2. The third kappa shape index (κ3) is 1.77. The standard InChI is InChI=1S/C9H11NO3/c1-5-3-7(11)9(6(2)10-13)8(12)4-5/h3-4,6,11-12H,1-2H3. The van der Waals surface area contributed by atoms with E-state index in [0.717, 1.165) is 5.56 Å². The summed E-state index contributed by atoms with van der Waals surface area (Å²) in [6, 6.07) is 2.23. The van der Waals surface area contributed by atoms with E-state index < -0.39 is 6.04 Å². The zero-order valence-electron chi connectivity index (χ0n) is 7.48. The van der Waals surface area contributed by atoms with Crippen LogP contribution in [0, 0.1) is 11.8 Å². The number of phenols is 2. The second kappa shape index (κ2) is 3.43. The van der Waals surface area contributed by atoms with Crippen LogP contribution in [0.2, 0.25) is 0 Å². The third-order valence-corrected chi connectivity index (χ3v) is 1.86. The zero-order chi connectivity index (χ0) is 10.0. The third-order valence-electron chi connectivity index (χ3n) is 1.86. The van der Waals surface area contributed by atoms with Crippen LogP contribution >= 0.6 is 0 Å². The lowest BCUT2D eigenvalue weighted by Gasteiger charge is -2.09. The summed E-state index contributed by atoms with van der Waals surface area (Å²) in [5.41, 5.74) is 0.914. The Morgan fingerprint density at radius 3 is 2.15 bits per heavy atom. The molecule has 4 nitrogen and oxygen atoms in total. The van der Waals surface area contributed by atoms with Gasteiger partial charge in [0.2, 0.25) is 0 Å². The second-order valence-corrected chi connectivity index (χ2v) is 3.00. The molecule has 1 atom stereocenters. The lowest BCUT2D eigenvalue weighted by molar-refractivity contribution is 0.431. The summed E-state index contributed by atoms with van der Waals surface area (Å²) >= 11 is 0. The number of aryl methyl sites for hydroxylation is 1. The molecule has 0 aliphatic heterocycles. The summed E-state index contributed by atoms with van der Waals surface area (Å²) in [5.74, 6) is -0.186. The molecule has 0 aromatic heterocycles. The van der Waals surface area contributed by atoms with Crippen molar-refractivity contribution >= 4 is 0 Å². The van der Waals surface area contributed by atoms with Crippen LogP contribution in [0.25, 0.3) is 0 Å². The van der Waals surface area contributed by atoms with E-state index in [2.05, 4.69) is 5.18 Å². The van der Waals surface area contributed by atoms with Crippen LogP contribution < -0.4 is 0 Å². The maximum atomic E-state index is 10.2. The zero-order valence-corrected chi connectivity index (χ0v) is 7.48. The summed E-state index contributed by atoms with van der Waals surface area (Å²) in [6.07, 6.45) is 0. The number of rotatable bonds is 2. The number of aromatic hydroxyl groups is 2. The highest BCUT2D eigenvalue weighted by Gasteiger charge is 2.15. The highest BCUT2D eigenvalue weighted by atomic mass is 16.3. The molecule has 2 N–H and O–H groups in total. The molecule has 1 unspecified atom stereocenters. The van der Waals surface area contributed by atoms with Gasteiger partial charge in [0.05, 0.1) is 5.56 Å². The van der Waals surface area contributed by atoms with Crippen LogP contribution in [0.1, 0.15) is 24.1 Å². The molecule has 0 fully saturated rings. The first-order chi connectivity index (χ1) is 6.06. The molecule has 0 aliphatic rings. The lowest BCUT2D eigenvalue weighted by Crippen LogP contribution is -1.91. The summed E-state index contributed by atoms with van der Waals surface area (Å²) in [5, 5.41) is 21.6. The van der Waals surface area contributed by atoms with E-state index >= 15 is 0 Å². The normalized spacial score (nSPS) is 12.5. The van der Waals surface area contributed by atoms with Crippen LogP contribution in [0.3, 0.4) is 0 Å². The molecule has 0 bridgehead atoms. The largest absolute Gasteiger partial charge is 0.507 e. The van der Waals surface area contributed by atoms with Crippen molar-refractivity contribution in [3.8, 4) is 11.5 Å². The molecule has 13 heavy (non-hydrogen) atoms. The molecular weight excluding hydrogens is 170 g/mol. The molecule has 0 saturated heterocycles. The van der Waals surface area contributed by atoms with Gasteiger partial charge in [0.25, 0.3) is 0 Å². The van der Waals surface area contributed by atoms with Gasteiger partial charge in [-0.2, -0.15) is 4.91 Å². The van der Waals surface area contributed by atoms with Crippen molar-refractivity contribution in [2.24, 2.45) is 5.18 Å². The van der Waals surface area contributed by atoms with Gasteiger partial charge in [0, 0.05) is 0 Å². The molecule has 0 radical (unpaired) electrons. The van der Waals surface area contributed by atoms with Gasteiger partial charge in [-0.05, 0) is 31.5 Å². The molecule has 1 aromatic rings. The average molecular weight is 181 g/mol. The van der Waals surface area contributed by atoms with Gasteiger partial charge in [0.1, 0.15) is 17.5 Å². The van der Waals surface area contributed by atoms with E-state index in [-0.39, 0.29) is 17.1 Å². The van der Waals surface area contributed by atoms with Gasteiger partial charge in [-0.25, -0.2) is 0 Å². The molecule has 70 valence electrons. The van der Waals surface area contributed by atoms with Crippen molar-refractivity contribution in [2.45, 2.75) is 19.9 Å². The second-order valence-electron chi connectivity index (χ2n) is 3.00. The molecule has 4 heteroatoms. The predicted octanol–water partition coefficient (Wildman–Crippen LogP) is 2.23. The Kier molecular flexibility index (Phi) is 2.51. The van der Waals surface area contributed by atoms with E-state index in [1.165, 1.54) is 19.1 Å². The van der Waals surface area contributed by atoms with Crippen LogP contribution in [0.4, 0.5) is 0 Å². The quantitative estimate of drug-likeness (QED) is 0.687. The maximum absolute atomic E-state index is 10.2. The number of hydrogen-bond acceptors (Lipinski definition) is 4. The molecule has 0 amide bonds. The number of nitroso groups, excluding NO2 is 1. The summed E-state index contributed by atoms with van der Waals surface area (Å²) in [7, 11) is 0. The van der Waals surface area contributed by atoms with Crippen LogP contribution in [0.15, 0.2) is 17.3 Å². The lowest BCUT2D eigenvalue weighted by atomic mass is 10.0. The highest BCUT2D eigenvalue weighted by molar-refractivity contribution is 5.47. The van der Waals surface area contributed by atoms with Gasteiger partial charge < -0.3 is 10.2 Å². The van der Waals surface area contributed by atoms with E-state index in [0.29, 0.717) is 0 Å². The Balaban J connectivity index is 3.28. The minimum absolute atomic E-state index is 0.0930. The minimum Gasteiger partial charge on any atom is -0.507 e. The summed E-state index contributed by atoms with van der Waals surface area (Å²) in [6.45, 7) is 3.25. The Labute approximate surface area is 75.8 Å². The van der Waals surface area contributed by atoms with Crippen LogP contribution in [-0.2, 0) is 0 Å². The summed E-state index contributed by atoms with van der Waals surface area (Å²) < 4.78 is 0. The number of nitrogens with zero attached hydrogens (tertiary/aromatic N) is 1. The Hall–Kier alpha value is -1.58. The number of benzene rings is 1. The van der Waals surface area contributed by atoms with Crippen molar-refractivity contribution in [2.75, 3.05) is 0 Å². The van der Waals surface area contributed by atoms with E-state index in [1.54, 1.807) is 6.92 Å². The van der Waals surface area contributed by atoms with Gasteiger partial charge in [0.15, 0.2) is 0 Å². The molecule has 0 heterocycles. The first kappa shape index (κ1) is 9.51. The molecule has 1 rings (SSSR count). The number of phenolic OH excluding ortho intramolecular Hbond substituents is 2. The topological polar surface area (TPSA) is 69.9 Å². The molecule has 0 saturated carbocycles. The fraction of sp³-hybridized carbons (Fsp3) is 0.333. The minimum atomic E-state index is -0.736. The Bertz CT molecular complexity index is 313. The first-order valence-corrected chi connectivity index (χ1v) is 3.91. The van der Waals surface area contributed by atoms with Gasteiger partial charge in [-0.1, -0.05) is 5.18 Å². The van der Waals surface area contributed by atoms with E-state index in [1.807, 2.05) is 0 Å². The molecule has 0 aliphatic carbocycles. The fourth-order valence-corrected chi connectivity index (χ4v) is 1.24. The molecule has 1 aromatic carbocycles. The van der Waals surface area contributed by atoms with Gasteiger partial charge in [-0.3, -0.25) is 0 Å². The maximum Gasteiger partial charge on any atom is 0.125 e. The van der Waals surface area contributed by atoms with Crippen molar-refractivity contribution in [3.05, 3.63) is 28.2 Å². The van der Waals surface area contributed by atoms with Crippen LogP contribution in [-0.4, -0.2) is 10.2 Å². The first-order valence-electron chi connectivity index (χ1n) is 3.91. The van der Waals surface area contributed by atoms with Gasteiger partial charge in [-0.15, -0.1) is 0 Å². The van der Waals surface area contributed by atoms with Gasteiger partial charge >= 0.3 is 0 Å². The smallest absolute Gasteiger partial charge is 0.125 e. The molecular formula is C9H11NO3. The van der Waals surface area contributed by atoms with E-state index in [4.69, 9.17) is 0 Å². The van der Waals surface area contributed by atoms with Crippen molar-refractivity contribution < 1.29 is 10.2 Å². The fourth-order valence-electron chi connectivity index (χ4n) is 1.24. The van der Waals surface area contributed by atoms with Crippen molar-refractivity contribution in [3.63, 3.8) is 0 Å². The average Bonchev–Trinajstić information content (AvgIpc) is 2.02. The van der Waals surface area contributed by atoms with Crippen molar-refractivity contribution in [1.29, 1.82) is 0 Å². The van der Waals surface area contributed by atoms with Crippen molar-refractivity contribution in [1.82, 2.24) is 0 Å². The monoisotopic (exact) mass is 181 g/mol. The van der Waals surface area contributed by atoms with Crippen LogP contribution in [0.5, 0.6) is 11.5 Å². The highest BCUT2D eigenvalue weighted by Crippen LogP contribution is 2.35. The molecule has 0 spiro atoms.